The number of hydrogen-bond acceptors (Lipinski definition) is 4. The second-order valence-electron chi connectivity index (χ2n) is 3.72. The Balaban J connectivity index is 2.01. The average Bonchev–Trinajstić information content (AvgIpc) is 2.38. The lowest BCUT2D eigenvalue weighted by Gasteiger charge is -2.06. The van der Waals surface area contributed by atoms with E-state index in [1.165, 1.54) is 12.3 Å². The summed E-state index contributed by atoms with van der Waals surface area (Å²) < 4.78 is 0. The Labute approximate surface area is 104 Å². The van der Waals surface area contributed by atoms with Crippen molar-refractivity contribution in [1.82, 2.24) is 10.3 Å². The number of rotatable bonds is 3. The largest absolute Gasteiger partial charge is 0.508 e. The van der Waals surface area contributed by atoms with Crippen molar-refractivity contribution in [2.24, 2.45) is 0 Å². The Morgan fingerprint density at radius 3 is 2.56 bits per heavy atom. The molecule has 0 unspecified atom stereocenters. The zero-order chi connectivity index (χ0) is 13.0. The third kappa shape index (κ3) is 2.76. The first-order valence-electron chi connectivity index (χ1n) is 5.37. The molecule has 0 saturated carbocycles. The van der Waals surface area contributed by atoms with Crippen LogP contribution in [0.4, 0.5) is 0 Å². The van der Waals surface area contributed by atoms with Crippen molar-refractivity contribution in [3.05, 3.63) is 53.9 Å². The van der Waals surface area contributed by atoms with E-state index in [2.05, 4.69) is 10.3 Å². The fourth-order valence-corrected chi connectivity index (χ4v) is 1.45. The number of benzene rings is 1. The van der Waals surface area contributed by atoms with Crippen LogP contribution in [0, 0.1) is 0 Å². The molecule has 0 aliphatic heterocycles. The van der Waals surface area contributed by atoms with Crippen LogP contribution in [0.2, 0.25) is 0 Å². The molecule has 1 heterocycles. The van der Waals surface area contributed by atoms with Crippen LogP contribution in [0.5, 0.6) is 11.5 Å². The molecular weight excluding hydrogens is 232 g/mol. The number of hydrogen-bond donors (Lipinski definition) is 3. The number of phenolic OH excluding ortho intramolecular Hbond substituents is 1. The van der Waals surface area contributed by atoms with Gasteiger partial charge in [-0.15, -0.1) is 0 Å². The highest BCUT2D eigenvalue weighted by Crippen LogP contribution is 2.13. The summed E-state index contributed by atoms with van der Waals surface area (Å²) in [6.45, 7) is 0.301. The Bertz CT molecular complexity index is 552. The molecule has 2 aromatic rings. The molecule has 0 aliphatic carbocycles. The number of aromatic hydroxyl groups is 2. The fourth-order valence-electron chi connectivity index (χ4n) is 1.45. The minimum atomic E-state index is -0.443. The number of aromatic nitrogens is 1. The van der Waals surface area contributed by atoms with Gasteiger partial charge in [-0.05, 0) is 29.8 Å². The first-order valence-corrected chi connectivity index (χ1v) is 5.37. The van der Waals surface area contributed by atoms with Gasteiger partial charge >= 0.3 is 0 Å². The maximum atomic E-state index is 11.7. The monoisotopic (exact) mass is 244 g/mol. The summed E-state index contributed by atoms with van der Waals surface area (Å²) in [6, 6.07) is 9.44. The first kappa shape index (κ1) is 11.9. The molecule has 1 amide bonds. The summed E-state index contributed by atoms with van der Waals surface area (Å²) in [7, 11) is 0. The summed E-state index contributed by atoms with van der Waals surface area (Å²) in [5, 5.41) is 21.2. The molecule has 92 valence electrons. The summed E-state index contributed by atoms with van der Waals surface area (Å²) in [5.41, 5.74) is 0.841. The number of pyridine rings is 1. The Morgan fingerprint density at radius 1 is 1.17 bits per heavy atom. The molecule has 0 saturated heterocycles. The Morgan fingerprint density at radius 2 is 1.89 bits per heavy atom. The molecule has 0 radical (unpaired) electrons. The van der Waals surface area contributed by atoms with Crippen molar-refractivity contribution in [1.29, 1.82) is 0 Å². The number of phenols is 1. The van der Waals surface area contributed by atoms with Crippen LogP contribution < -0.4 is 5.32 Å². The lowest BCUT2D eigenvalue weighted by atomic mass is 10.2. The van der Waals surface area contributed by atoms with Gasteiger partial charge in [-0.1, -0.05) is 12.1 Å². The third-order valence-electron chi connectivity index (χ3n) is 2.39. The van der Waals surface area contributed by atoms with Gasteiger partial charge in [0.2, 0.25) is 0 Å². The van der Waals surface area contributed by atoms with E-state index in [1.54, 1.807) is 30.3 Å². The third-order valence-corrected chi connectivity index (χ3v) is 2.39. The van der Waals surface area contributed by atoms with Crippen LogP contribution in [-0.2, 0) is 6.54 Å². The lowest BCUT2D eigenvalue weighted by molar-refractivity contribution is 0.0943. The van der Waals surface area contributed by atoms with Crippen molar-refractivity contribution < 1.29 is 15.0 Å². The molecule has 0 spiro atoms. The second-order valence-corrected chi connectivity index (χ2v) is 3.72. The molecule has 1 aromatic heterocycles. The van der Waals surface area contributed by atoms with E-state index in [9.17, 15) is 9.90 Å². The topological polar surface area (TPSA) is 82.5 Å². The fraction of sp³-hybridized carbons (Fsp3) is 0.0769. The number of carbonyl (C=O) groups is 1. The smallest absolute Gasteiger partial charge is 0.273 e. The molecule has 18 heavy (non-hydrogen) atoms. The van der Waals surface area contributed by atoms with E-state index in [4.69, 9.17) is 5.11 Å². The summed E-state index contributed by atoms with van der Waals surface area (Å²) in [6.07, 6.45) is 1.44. The van der Waals surface area contributed by atoms with Crippen LogP contribution in [0.1, 0.15) is 16.1 Å². The quantitative estimate of drug-likeness (QED) is 0.762. The van der Waals surface area contributed by atoms with E-state index < -0.39 is 5.91 Å². The minimum absolute atomic E-state index is 0.00345. The summed E-state index contributed by atoms with van der Waals surface area (Å²) in [5.74, 6) is -0.422. The SMILES string of the molecule is O=C(NCc1ccc(O)cc1)c1ncccc1O. The molecule has 0 aliphatic rings. The van der Waals surface area contributed by atoms with Crippen LogP contribution >= 0.6 is 0 Å². The summed E-state index contributed by atoms with van der Waals surface area (Å²) >= 11 is 0. The van der Waals surface area contributed by atoms with Crippen LogP contribution in [-0.4, -0.2) is 21.1 Å². The maximum absolute atomic E-state index is 11.7. The van der Waals surface area contributed by atoms with Crippen molar-refractivity contribution in [2.75, 3.05) is 0 Å². The van der Waals surface area contributed by atoms with E-state index >= 15 is 0 Å². The van der Waals surface area contributed by atoms with Crippen molar-refractivity contribution in [3.8, 4) is 11.5 Å². The lowest BCUT2D eigenvalue weighted by Crippen LogP contribution is -2.23. The van der Waals surface area contributed by atoms with Gasteiger partial charge in [0, 0.05) is 12.7 Å². The van der Waals surface area contributed by atoms with E-state index in [1.807, 2.05) is 0 Å². The predicted octanol–water partition coefficient (Wildman–Crippen LogP) is 1.42. The zero-order valence-corrected chi connectivity index (χ0v) is 9.50. The van der Waals surface area contributed by atoms with Gasteiger partial charge < -0.3 is 15.5 Å². The molecule has 1 aromatic carbocycles. The first-order chi connectivity index (χ1) is 8.66. The molecule has 5 heteroatoms. The van der Waals surface area contributed by atoms with Crippen LogP contribution in [0.3, 0.4) is 0 Å². The molecule has 5 nitrogen and oxygen atoms in total. The average molecular weight is 244 g/mol. The van der Waals surface area contributed by atoms with E-state index in [-0.39, 0.29) is 17.2 Å². The number of nitrogens with one attached hydrogen (secondary N) is 1. The van der Waals surface area contributed by atoms with Crippen molar-refractivity contribution >= 4 is 5.91 Å². The van der Waals surface area contributed by atoms with Crippen molar-refractivity contribution in [3.63, 3.8) is 0 Å². The summed E-state index contributed by atoms with van der Waals surface area (Å²) in [4.78, 5) is 15.5. The molecule has 3 N–H and O–H groups in total. The standard InChI is InChI=1S/C13H12N2O3/c16-10-5-3-9(4-6-10)8-15-13(18)12-11(17)2-1-7-14-12/h1-7,16-17H,8H2,(H,15,18). The normalized spacial score (nSPS) is 10.0. The molecule has 0 fully saturated rings. The number of carbonyl (C=O) groups excluding carboxylic acids is 1. The van der Waals surface area contributed by atoms with Gasteiger partial charge in [0.25, 0.3) is 5.91 Å². The van der Waals surface area contributed by atoms with Crippen molar-refractivity contribution in [2.45, 2.75) is 6.54 Å². The Hall–Kier alpha value is -2.56. The van der Waals surface area contributed by atoms with Gasteiger partial charge in [0.05, 0.1) is 0 Å². The number of nitrogens with zero attached hydrogens (tertiary/aromatic N) is 1. The zero-order valence-electron chi connectivity index (χ0n) is 9.50. The van der Waals surface area contributed by atoms with Crippen LogP contribution in [0.25, 0.3) is 0 Å². The molecule has 2 rings (SSSR count). The highest BCUT2D eigenvalue weighted by atomic mass is 16.3. The Kier molecular flexibility index (Phi) is 3.43. The predicted molar refractivity (Wildman–Crippen MR) is 65.2 cm³/mol. The molecule has 0 atom stereocenters. The van der Waals surface area contributed by atoms with Gasteiger partial charge in [-0.2, -0.15) is 0 Å². The molecule has 0 bridgehead atoms. The van der Waals surface area contributed by atoms with E-state index in [0.29, 0.717) is 6.54 Å². The van der Waals surface area contributed by atoms with Gasteiger partial charge in [-0.3, -0.25) is 4.79 Å². The van der Waals surface area contributed by atoms with Crippen LogP contribution in [0.15, 0.2) is 42.6 Å². The molecular formula is C13H12N2O3. The second kappa shape index (κ2) is 5.18. The highest BCUT2D eigenvalue weighted by molar-refractivity contribution is 5.94. The van der Waals surface area contributed by atoms with Gasteiger partial charge in [-0.25, -0.2) is 4.98 Å². The minimum Gasteiger partial charge on any atom is -0.508 e. The van der Waals surface area contributed by atoms with Gasteiger partial charge in [0.15, 0.2) is 5.69 Å². The van der Waals surface area contributed by atoms with E-state index in [0.717, 1.165) is 5.56 Å². The maximum Gasteiger partial charge on any atom is 0.273 e. The van der Waals surface area contributed by atoms with Gasteiger partial charge in [0.1, 0.15) is 11.5 Å². The highest BCUT2D eigenvalue weighted by Gasteiger charge is 2.11. The number of amides is 1.